The minimum absolute atomic E-state index is 0.536. The van der Waals surface area contributed by atoms with Gasteiger partial charge in [-0.3, -0.25) is 14.9 Å². The van der Waals surface area contributed by atoms with Crippen molar-refractivity contribution in [1.82, 2.24) is 5.32 Å². The van der Waals surface area contributed by atoms with Gasteiger partial charge in [-0.25, -0.2) is 13.2 Å². The molecule has 0 aliphatic rings. The number of nitro benzene ring substituents is 1. The van der Waals surface area contributed by atoms with Gasteiger partial charge in [0.2, 0.25) is 0 Å². The average Bonchev–Trinajstić information content (AvgIpc) is 2.35. The summed E-state index contributed by atoms with van der Waals surface area (Å²) in [6.45, 7) is -1.77. The molecule has 1 aromatic carbocycles. The third kappa shape index (κ3) is 3.55. The summed E-state index contributed by atoms with van der Waals surface area (Å²) in [5.41, 5.74) is 2.44. The van der Waals surface area contributed by atoms with Crippen molar-refractivity contribution in [3.05, 3.63) is 33.6 Å². The summed E-state index contributed by atoms with van der Waals surface area (Å²) < 4.78 is 62.5. The molecule has 3 N–H and O–H groups in total. The first-order valence-electron chi connectivity index (χ1n) is 5.24. The topological polar surface area (TPSA) is 98.3 Å². The number of nitro groups is 1. The zero-order valence-electron chi connectivity index (χ0n) is 10.1. The number of carbonyl (C=O) groups is 1. The first-order chi connectivity index (χ1) is 9.58. The molecule has 0 aliphatic carbocycles. The first-order valence-corrected chi connectivity index (χ1v) is 5.24. The van der Waals surface area contributed by atoms with Crippen molar-refractivity contribution >= 4 is 17.3 Å². The Balaban J connectivity index is 3.03. The van der Waals surface area contributed by atoms with Gasteiger partial charge in [-0.1, -0.05) is 0 Å². The lowest BCUT2D eigenvalue weighted by Gasteiger charge is -2.16. The van der Waals surface area contributed by atoms with Crippen LogP contribution in [-0.2, 0) is 0 Å². The predicted octanol–water partition coefficient (Wildman–Crippen LogP) is 1.95. The van der Waals surface area contributed by atoms with E-state index in [2.05, 4.69) is 0 Å². The van der Waals surface area contributed by atoms with Gasteiger partial charge in [-0.15, -0.1) is 0 Å². The molecule has 1 amide bonds. The van der Waals surface area contributed by atoms with E-state index in [0.717, 1.165) is 0 Å². The van der Waals surface area contributed by atoms with Crippen LogP contribution in [0.4, 0.5) is 33.3 Å². The largest absolute Gasteiger partial charge is 0.392 e. The second-order valence-electron chi connectivity index (χ2n) is 3.86. The second kappa shape index (κ2) is 5.89. The van der Waals surface area contributed by atoms with Gasteiger partial charge in [0.1, 0.15) is 17.1 Å². The molecule has 0 spiro atoms. The van der Waals surface area contributed by atoms with Crippen molar-refractivity contribution in [2.75, 3.05) is 12.3 Å². The summed E-state index contributed by atoms with van der Waals surface area (Å²) in [5, 5.41) is 11.9. The van der Waals surface area contributed by atoms with Crippen LogP contribution in [0.15, 0.2) is 12.1 Å². The normalized spacial score (nSPS) is 11.5. The van der Waals surface area contributed by atoms with E-state index >= 15 is 0 Å². The minimum Gasteiger partial charge on any atom is -0.392 e. The average molecular weight is 313 g/mol. The maximum Gasteiger partial charge on any atom is 0.324 e. The number of anilines is 1. The van der Waals surface area contributed by atoms with Crippen LogP contribution in [0.25, 0.3) is 0 Å². The van der Waals surface area contributed by atoms with Crippen molar-refractivity contribution < 1.29 is 31.7 Å². The number of hydrogen-bond acceptors (Lipinski definition) is 4. The van der Waals surface area contributed by atoms with Crippen LogP contribution in [-0.4, -0.2) is 29.7 Å². The van der Waals surface area contributed by atoms with Crippen LogP contribution in [0.1, 0.15) is 10.4 Å². The Bertz CT molecular complexity index is 579. The molecular weight excluding hydrogens is 305 g/mol. The molecule has 11 heteroatoms. The number of nitrogen functional groups attached to an aromatic ring is 1. The zero-order valence-corrected chi connectivity index (χ0v) is 10.1. The smallest absolute Gasteiger partial charge is 0.324 e. The number of halogens is 5. The van der Waals surface area contributed by atoms with Crippen molar-refractivity contribution in [3.63, 3.8) is 0 Å². The Morgan fingerprint density at radius 1 is 1.43 bits per heavy atom. The highest BCUT2D eigenvalue weighted by Crippen LogP contribution is 2.28. The summed E-state index contributed by atoms with van der Waals surface area (Å²) in [5.74, 6) is -7.40. The second-order valence-corrected chi connectivity index (χ2v) is 3.86. The van der Waals surface area contributed by atoms with Gasteiger partial charge in [-0.2, -0.15) is 8.78 Å². The van der Waals surface area contributed by atoms with E-state index in [-0.39, 0.29) is 0 Å². The lowest BCUT2D eigenvalue weighted by atomic mass is 10.1. The van der Waals surface area contributed by atoms with E-state index < -0.39 is 52.5 Å². The fourth-order valence-corrected chi connectivity index (χ4v) is 1.34. The molecule has 0 unspecified atom stereocenters. The van der Waals surface area contributed by atoms with Crippen LogP contribution in [0.2, 0.25) is 0 Å². The van der Waals surface area contributed by atoms with Gasteiger partial charge in [-0.05, 0) is 6.07 Å². The highest BCUT2D eigenvalue weighted by molar-refractivity contribution is 6.01. The highest BCUT2D eigenvalue weighted by atomic mass is 19.3. The SMILES string of the molecule is Nc1c([N+](=O)[O-])ccc(F)c1C(=O)NCC(F)(F)C(F)F. The Labute approximate surface area is 113 Å². The van der Waals surface area contributed by atoms with Gasteiger partial charge < -0.3 is 11.1 Å². The fraction of sp³-hybridized carbons (Fsp3) is 0.300. The summed E-state index contributed by atoms with van der Waals surface area (Å²) in [6.07, 6.45) is -4.04. The zero-order chi connectivity index (χ0) is 16.4. The molecule has 0 atom stereocenters. The number of carbonyl (C=O) groups excluding carboxylic acids is 1. The fourth-order valence-electron chi connectivity index (χ4n) is 1.34. The molecule has 0 fully saturated rings. The molecular formula is C10H8F5N3O3. The molecule has 21 heavy (non-hydrogen) atoms. The van der Waals surface area contributed by atoms with Crippen LogP contribution >= 0.6 is 0 Å². The van der Waals surface area contributed by atoms with Crippen LogP contribution < -0.4 is 11.1 Å². The molecule has 1 aromatic rings. The Morgan fingerprint density at radius 3 is 2.48 bits per heavy atom. The third-order valence-corrected chi connectivity index (χ3v) is 2.40. The number of hydrogen-bond donors (Lipinski definition) is 2. The molecule has 0 radical (unpaired) electrons. The first kappa shape index (κ1) is 16.6. The monoisotopic (exact) mass is 313 g/mol. The van der Waals surface area contributed by atoms with E-state index in [0.29, 0.717) is 12.1 Å². The standard InChI is InChI=1S/C10H8F5N3O3/c11-4-1-2-5(18(20)21)7(16)6(4)8(19)17-3-10(14,15)9(12)13/h1-2,9H,3,16H2,(H,17,19). The highest BCUT2D eigenvalue weighted by Gasteiger charge is 2.41. The molecule has 0 saturated heterocycles. The Morgan fingerprint density at radius 2 is 2.00 bits per heavy atom. The lowest BCUT2D eigenvalue weighted by Crippen LogP contribution is -2.41. The van der Waals surface area contributed by atoms with Crippen LogP contribution in [0, 0.1) is 15.9 Å². The molecule has 116 valence electrons. The van der Waals surface area contributed by atoms with E-state index in [4.69, 9.17) is 5.73 Å². The van der Waals surface area contributed by atoms with E-state index in [1.807, 2.05) is 0 Å². The molecule has 6 nitrogen and oxygen atoms in total. The van der Waals surface area contributed by atoms with Crippen molar-refractivity contribution in [1.29, 1.82) is 0 Å². The van der Waals surface area contributed by atoms with Gasteiger partial charge in [0.15, 0.2) is 0 Å². The molecule has 0 aliphatic heterocycles. The summed E-state index contributed by atoms with van der Waals surface area (Å²) in [4.78, 5) is 21.1. The van der Waals surface area contributed by atoms with E-state index in [9.17, 15) is 36.9 Å². The summed E-state index contributed by atoms with van der Waals surface area (Å²) in [6, 6.07) is 1.21. The Hall–Kier alpha value is -2.46. The number of rotatable bonds is 5. The maximum absolute atomic E-state index is 13.4. The van der Waals surface area contributed by atoms with Gasteiger partial charge >= 0.3 is 12.3 Å². The van der Waals surface area contributed by atoms with E-state index in [1.165, 1.54) is 5.32 Å². The number of amides is 1. The quantitative estimate of drug-likeness (QED) is 0.376. The number of benzene rings is 1. The number of alkyl halides is 4. The number of nitrogens with zero attached hydrogens (tertiary/aromatic N) is 1. The summed E-state index contributed by atoms with van der Waals surface area (Å²) >= 11 is 0. The summed E-state index contributed by atoms with van der Waals surface area (Å²) in [7, 11) is 0. The van der Waals surface area contributed by atoms with Crippen LogP contribution in [0.5, 0.6) is 0 Å². The van der Waals surface area contributed by atoms with E-state index in [1.54, 1.807) is 0 Å². The van der Waals surface area contributed by atoms with Gasteiger partial charge in [0.05, 0.1) is 11.5 Å². The predicted molar refractivity (Wildman–Crippen MR) is 60.8 cm³/mol. The molecule has 1 rings (SSSR count). The maximum atomic E-state index is 13.4. The number of nitrogens with one attached hydrogen (secondary N) is 1. The third-order valence-electron chi connectivity index (χ3n) is 2.40. The molecule has 0 heterocycles. The molecule has 0 bridgehead atoms. The lowest BCUT2D eigenvalue weighted by molar-refractivity contribution is -0.384. The number of nitrogens with two attached hydrogens (primary N) is 1. The van der Waals surface area contributed by atoms with Crippen molar-refractivity contribution in [2.45, 2.75) is 12.3 Å². The van der Waals surface area contributed by atoms with Crippen molar-refractivity contribution in [2.24, 2.45) is 0 Å². The minimum atomic E-state index is -4.53. The van der Waals surface area contributed by atoms with Crippen LogP contribution in [0.3, 0.4) is 0 Å². The Kier molecular flexibility index (Phi) is 4.66. The molecule has 0 aromatic heterocycles. The molecule has 0 saturated carbocycles. The van der Waals surface area contributed by atoms with Gasteiger partial charge in [0, 0.05) is 6.07 Å². The van der Waals surface area contributed by atoms with Crippen molar-refractivity contribution in [3.8, 4) is 0 Å². The van der Waals surface area contributed by atoms with Gasteiger partial charge in [0.25, 0.3) is 11.6 Å².